The van der Waals surface area contributed by atoms with Gasteiger partial charge in [0.25, 0.3) is 0 Å². The molecule has 2 aromatic carbocycles. The highest BCUT2D eigenvalue weighted by Gasteiger charge is 2.72. The van der Waals surface area contributed by atoms with Gasteiger partial charge in [-0.15, -0.1) is 0 Å². The highest BCUT2D eigenvalue weighted by atomic mass is 35.5. The molecule has 1 aliphatic carbocycles. The van der Waals surface area contributed by atoms with Gasteiger partial charge >= 0.3 is 0 Å². The Morgan fingerprint density at radius 1 is 1.08 bits per heavy atom. The van der Waals surface area contributed by atoms with Crippen LogP contribution in [0.15, 0.2) is 53.4 Å². The molecule has 4 nitrogen and oxygen atoms in total. The summed E-state index contributed by atoms with van der Waals surface area (Å²) in [6.07, 6.45) is 0. The minimum atomic E-state index is -3.73. The first-order valence-electron chi connectivity index (χ1n) is 7.52. The fourth-order valence-corrected chi connectivity index (χ4v) is 5.91. The lowest BCUT2D eigenvalue weighted by Crippen LogP contribution is -2.19. The van der Waals surface area contributed by atoms with Crippen LogP contribution in [0.5, 0.6) is 0 Å². The molecule has 130 valence electrons. The van der Waals surface area contributed by atoms with Crippen LogP contribution in [-0.2, 0) is 14.6 Å². The maximum atomic E-state index is 13.1. The van der Waals surface area contributed by atoms with Crippen molar-refractivity contribution >= 4 is 33.0 Å². The van der Waals surface area contributed by atoms with Gasteiger partial charge < -0.3 is 4.74 Å². The quantitative estimate of drug-likeness (QED) is 0.764. The SMILES string of the molecule is COC[C@]1(C#N)[C@@H](c2ccc(Cl)cc2)[C@@H]1S(=O)(=O)c1ccc(Cl)cc1. The van der Waals surface area contributed by atoms with Gasteiger partial charge in [-0.1, -0.05) is 35.3 Å². The third-order valence-electron chi connectivity index (χ3n) is 4.55. The topological polar surface area (TPSA) is 67.2 Å². The molecule has 3 atom stereocenters. The first-order valence-corrected chi connectivity index (χ1v) is 9.82. The predicted octanol–water partition coefficient (Wildman–Crippen LogP) is 4.09. The number of ether oxygens (including phenoxy) is 1. The van der Waals surface area contributed by atoms with E-state index in [-0.39, 0.29) is 11.5 Å². The number of halogens is 2. The van der Waals surface area contributed by atoms with Crippen LogP contribution < -0.4 is 0 Å². The Kier molecular flexibility index (Phi) is 4.82. The van der Waals surface area contributed by atoms with Crippen molar-refractivity contribution in [2.75, 3.05) is 13.7 Å². The monoisotopic (exact) mass is 395 g/mol. The summed E-state index contributed by atoms with van der Waals surface area (Å²) in [5.41, 5.74) is -0.369. The minimum absolute atomic E-state index is 0.0360. The van der Waals surface area contributed by atoms with Gasteiger partial charge in [0.1, 0.15) is 5.41 Å². The van der Waals surface area contributed by atoms with Crippen molar-refractivity contribution in [1.82, 2.24) is 0 Å². The van der Waals surface area contributed by atoms with Crippen molar-refractivity contribution in [3.05, 3.63) is 64.1 Å². The number of nitriles is 1. The molecule has 1 fully saturated rings. The second-order valence-electron chi connectivity index (χ2n) is 6.03. The van der Waals surface area contributed by atoms with Crippen LogP contribution in [0.25, 0.3) is 0 Å². The van der Waals surface area contributed by atoms with E-state index in [4.69, 9.17) is 27.9 Å². The Morgan fingerprint density at radius 2 is 1.60 bits per heavy atom. The number of rotatable bonds is 5. The number of hydrogen-bond acceptors (Lipinski definition) is 4. The van der Waals surface area contributed by atoms with Crippen molar-refractivity contribution in [1.29, 1.82) is 5.26 Å². The molecule has 25 heavy (non-hydrogen) atoms. The Morgan fingerprint density at radius 3 is 2.08 bits per heavy atom. The van der Waals surface area contributed by atoms with Gasteiger partial charge in [0.05, 0.1) is 22.8 Å². The lowest BCUT2D eigenvalue weighted by molar-refractivity contribution is 0.162. The van der Waals surface area contributed by atoms with Crippen molar-refractivity contribution in [2.24, 2.45) is 5.41 Å². The van der Waals surface area contributed by atoms with E-state index < -0.39 is 26.4 Å². The molecular weight excluding hydrogens is 381 g/mol. The molecule has 0 amide bonds. The maximum Gasteiger partial charge on any atom is 0.183 e. The highest BCUT2D eigenvalue weighted by Crippen LogP contribution is 2.63. The fraction of sp³-hybridized carbons (Fsp3) is 0.278. The van der Waals surface area contributed by atoms with E-state index in [1.165, 1.54) is 31.4 Å². The van der Waals surface area contributed by atoms with Crippen LogP contribution in [0.3, 0.4) is 0 Å². The molecule has 0 N–H and O–H groups in total. The van der Waals surface area contributed by atoms with Gasteiger partial charge in [-0.3, -0.25) is 0 Å². The number of hydrogen-bond donors (Lipinski definition) is 0. The van der Waals surface area contributed by atoms with Crippen molar-refractivity contribution in [2.45, 2.75) is 16.1 Å². The third kappa shape index (κ3) is 3.04. The molecule has 0 unspecified atom stereocenters. The van der Waals surface area contributed by atoms with Crippen LogP contribution in [0.1, 0.15) is 11.5 Å². The largest absolute Gasteiger partial charge is 0.383 e. The molecule has 1 aliphatic rings. The van der Waals surface area contributed by atoms with E-state index in [0.717, 1.165) is 5.56 Å². The zero-order chi connectivity index (χ0) is 18.2. The number of sulfone groups is 1. The van der Waals surface area contributed by atoms with E-state index in [1.807, 2.05) is 0 Å². The summed E-state index contributed by atoms with van der Waals surface area (Å²) in [6, 6.07) is 15.1. The highest BCUT2D eigenvalue weighted by molar-refractivity contribution is 7.92. The summed E-state index contributed by atoms with van der Waals surface area (Å²) < 4.78 is 31.4. The summed E-state index contributed by atoms with van der Waals surface area (Å²) in [4.78, 5) is 0.147. The van der Waals surface area contributed by atoms with E-state index in [9.17, 15) is 13.7 Å². The van der Waals surface area contributed by atoms with Gasteiger partial charge in [0.2, 0.25) is 0 Å². The Hall–Kier alpha value is -1.58. The molecule has 3 rings (SSSR count). The van der Waals surface area contributed by atoms with Gasteiger partial charge in [-0.05, 0) is 42.0 Å². The maximum absolute atomic E-state index is 13.1. The fourth-order valence-electron chi connectivity index (χ4n) is 3.35. The average molecular weight is 396 g/mol. The van der Waals surface area contributed by atoms with E-state index in [2.05, 4.69) is 6.07 Å². The lowest BCUT2D eigenvalue weighted by atomic mass is 10.0. The molecule has 0 radical (unpaired) electrons. The molecule has 0 bridgehead atoms. The zero-order valence-electron chi connectivity index (χ0n) is 13.3. The van der Waals surface area contributed by atoms with Gasteiger partial charge in [-0.2, -0.15) is 5.26 Å². The van der Waals surface area contributed by atoms with Crippen LogP contribution in [0, 0.1) is 16.7 Å². The van der Waals surface area contributed by atoms with E-state index >= 15 is 0 Å². The first kappa shape index (κ1) is 18.2. The lowest BCUT2D eigenvalue weighted by Gasteiger charge is -2.08. The molecule has 7 heteroatoms. The van der Waals surface area contributed by atoms with Crippen molar-refractivity contribution in [3.8, 4) is 6.07 Å². The molecule has 0 saturated heterocycles. The number of nitrogens with zero attached hydrogens (tertiary/aromatic N) is 1. The second-order valence-corrected chi connectivity index (χ2v) is 8.98. The molecule has 0 heterocycles. The van der Waals surface area contributed by atoms with Crippen molar-refractivity contribution in [3.63, 3.8) is 0 Å². The summed E-state index contributed by atoms with van der Waals surface area (Å²) in [5.74, 6) is -0.476. The zero-order valence-corrected chi connectivity index (χ0v) is 15.6. The standard InChI is InChI=1S/C18H15Cl2NO3S/c1-24-11-18(10-21)16(12-2-4-13(19)5-3-12)17(18)25(22,23)15-8-6-14(20)7-9-15/h2-9,16-17H,11H2,1H3/t16-,17-,18+/m0/s1. The summed E-state index contributed by atoms with van der Waals surface area (Å²) in [6.45, 7) is 0.0360. The number of benzene rings is 2. The Bertz CT molecular complexity index is 920. The van der Waals surface area contributed by atoms with Gasteiger partial charge in [0, 0.05) is 23.1 Å². The molecule has 0 aromatic heterocycles. The normalized spacial score (nSPS) is 25.4. The van der Waals surface area contributed by atoms with Crippen LogP contribution in [0.4, 0.5) is 0 Å². The second kappa shape index (κ2) is 6.62. The van der Waals surface area contributed by atoms with Crippen LogP contribution >= 0.6 is 23.2 Å². The van der Waals surface area contributed by atoms with Crippen LogP contribution in [0.2, 0.25) is 10.0 Å². The van der Waals surface area contributed by atoms with Gasteiger partial charge in [0.15, 0.2) is 9.84 Å². The smallest absolute Gasteiger partial charge is 0.183 e. The number of methoxy groups -OCH3 is 1. The van der Waals surface area contributed by atoms with Crippen LogP contribution in [-0.4, -0.2) is 27.4 Å². The van der Waals surface area contributed by atoms with E-state index in [1.54, 1.807) is 24.3 Å². The molecular formula is C18H15Cl2NO3S. The average Bonchev–Trinajstić information content (AvgIpc) is 3.26. The summed E-state index contributed by atoms with van der Waals surface area (Å²) >= 11 is 11.8. The summed E-state index contributed by atoms with van der Waals surface area (Å²) in [5, 5.41) is 9.88. The Balaban J connectivity index is 2.07. The molecule has 2 aromatic rings. The van der Waals surface area contributed by atoms with E-state index in [0.29, 0.717) is 10.0 Å². The summed E-state index contributed by atoms with van der Waals surface area (Å²) in [7, 11) is -2.27. The van der Waals surface area contributed by atoms with Crippen molar-refractivity contribution < 1.29 is 13.2 Å². The third-order valence-corrected chi connectivity index (χ3v) is 7.35. The molecule has 0 aliphatic heterocycles. The molecule has 1 saturated carbocycles. The van der Waals surface area contributed by atoms with Gasteiger partial charge in [-0.25, -0.2) is 8.42 Å². The molecule has 0 spiro atoms. The minimum Gasteiger partial charge on any atom is -0.383 e. The first-order chi connectivity index (χ1) is 11.9. The Labute approximate surface area is 156 Å². The predicted molar refractivity (Wildman–Crippen MR) is 96.5 cm³/mol.